The number of nitrogens with zero attached hydrogens (tertiary/aromatic N) is 1. The summed E-state index contributed by atoms with van der Waals surface area (Å²) in [5.41, 5.74) is 9.93. The lowest BCUT2D eigenvalue weighted by Crippen LogP contribution is -2.11. The maximum absolute atomic E-state index is 10.5. The average Bonchev–Trinajstić information content (AvgIpc) is 2.02. The summed E-state index contributed by atoms with van der Waals surface area (Å²) in [4.78, 5) is 26.0. The smallest absolute Gasteiger partial charge is 0.254 e. The number of aromatic amines is 1. The number of nitrogens with two attached hydrogens (primary N) is 2. The largest absolute Gasteiger partial charge is 0.383 e. The molecule has 0 fully saturated rings. The van der Waals surface area contributed by atoms with Gasteiger partial charge in [-0.3, -0.25) is 9.78 Å². The van der Waals surface area contributed by atoms with E-state index in [1.807, 2.05) is 6.92 Å². The van der Waals surface area contributed by atoms with Crippen molar-refractivity contribution in [2.45, 2.75) is 20.3 Å². The van der Waals surface area contributed by atoms with E-state index in [0.29, 0.717) is 6.42 Å². The van der Waals surface area contributed by atoms with E-state index in [-0.39, 0.29) is 23.1 Å². The van der Waals surface area contributed by atoms with Gasteiger partial charge in [-0.2, -0.15) is 4.98 Å². The van der Waals surface area contributed by atoms with Gasteiger partial charge in [0, 0.05) is 12.5 Å². The molecule has 0 aliphatic heterocycles. The summed E-state index contributed by atoms with van der Waals surface area (Å²) in [6, 6.07) is 1.16. The Labute approximate surface area is 81.3 Å². The highest BCUT2D eigenvalue weighted by molar-refractivity contribution is 5.74. The Bertz CT molecular complexity index is 335. The standard InChI is InChI=1S/C4H6N4O.C4H8O/c5-2-1-3(9)8-4(6)7-2;1-3-4(2)5/h1H,(H5,5,6,7,8,9);3H2,1-2H3. The molecule has 1 aromatic heterocycles. The van der Waals surface area contributed by atoms with Gasteiger partial charge in [-0.05, 0) is 6.92 Å². The zero-order valence-electron chi connectivity index (χ0n) is 8.20. The van der Waals surface area contributed by atoms with E-state index in [2.05, 4.69) is 9.97 Å². The Balaban J connectivity index is 0.000000292. The van der Waals surface area contributed by atoms with Crippen LogP contribution in [-0.2, 0) is 4.79 Å². The van der Waals surface area contributed by atoms with Crippen molar-refractivity contribution < 1.29 is 4.79 Å². The number of H-pyrrole nitrogens is 1. The fourth-order valence-corrected chi connectivity index (χ4v) is 0.496. The van der Waals surface area contributed by atoms with Crippen LogP contribution in [0.4, 0.5) is 11.8 Å². The molecule has 1 aromatic rings. The number of Topliss-reactive ketones (excluding diaryl/α,β-unsaturated/α-hetero) is 1. The summed E-state index contributed by atoms with van der Waals surface area (Å²) in [5.74, 6) is 0.432. The Morgan fingerprint density at radius 3 is 2.36 bits per heavy atom. The third kappa shape index (κ3) is 5.76. The monoisotopic (exact) mass is 198 g/mol. The van der Waals surface area contributed by atoms with Gasteiger partial charge in [0.2, 0.25) is 5.95 Å². The highest BCUT2D eigenvalue weighted by Gasteiger charge is 1.89. The first-order valence-corrected chi connectivity index (χ1v) is 4.07. The molecule has 1 rings (SSSR count). The molecule has 0 saturated heterocycles. The van der Waals surface area contributed by atoms with Gasteiger partial charge in [0.25, 0.3) is 5.56 Å². The van der Waals surface area contributed by atoms with Crippen LogP contribution in [0.3, 0.4) is 0 Å². The predicted octanol–water partition coefficient (Wildman–Crippen LogP) is -0.0803. The zero-order chi connectivity index (χ0) is 11.1. The van der Waals surface area contributed by atoms with Gasteiger partial charge in [0.1, 0.15) is 11.6 Å². The lowest BCUT2D eigenvalue weighted by molar-refractivity contribution is -0.116. The fraction of sp³-hybridized carbons (Fsp3) is 0.375. The van der Waals surface area contributed by atoms with Crippen molar-refractivity contribution in [1.82, 2.24) is 9.97 Å². The minimum Gasteiger partial charge on any atom is -0.383 e. The van der Waals surface area contributed by atoms with Crippen molar-refractivity contribution in [2.24, 2.45) is 0 Å². The second-order valence-electron chi connectivity index (χ2n) is 2.61. The molecular weight excluding hydrogens is 184 g/mol. The van der Waals surface area contributed by atoms with Crippen LogP contribution in [0.15, 0.2) is 10.9 Å². The minimum absolute atomic E-state index is 0.0417. The van der Waals surface area contributed by atoms with Crippen LogP contribution in [0.2, 0.25) is 0 Å². The van der Waals surface area contributed by atoms with Gasteiger partial charge in [-0.15, -0.1) is 0 Å². The number of rotatable bonds is 1. The van der Waals surface area contributed by atoms with Crippen molar-refractivity contribution in [1.29, 1.82) is 0 Å². The van der Waals surface area contributed by atoms with E-state index in [1.165, 1.54) is 0 Å². The highest BCUT2D eigenvalue weighted by Crippen LogP contribution is 1.89. The molecule has 6 nitrogen and oxygen atoms in total. The van der Waals surface area contributed by atoms with Crippen LogP contribution >= 0.6 is 0 Å². The number of hydrogen-bond donors (Lipinski definition) is 3. The molecule has 0 amide bonds. The molecule has 1 heterocycles. The molecule has 0 aromatic carbocycles. The van der Waals surface area contributed by atoms with Crippen molar-refractivity contribution in [3.8, 4) is 0 Å². The number of carbonyl (C=O) groups is 1. The lowest BCUT2D eigenvalue weighted by Gasteiger charge is -1.90. The molecule has 0 atom stereocenters. The van der Waals surface area contributed by atoms with E-state index < -0.39 is 0 Å². The highest BCUT2D eigenvalue weighted by atomic mass is 16.1. The van der Waals surface area contributed by atoms with E-state index in [0.717, 1.165) is 6.07 Å². The number of anilines is 2. The number of carbonyl (C=O) groups excluding carboxylic acids is 1. The molecule has 6 heteroatoms. The second-order valence-corrected chi connectivity index (χ2v) is 2.61. The molecule has 0 aliphatic rings. The van der Waals surface area contributed by atoms with E-state index >= 15 is 0 Å². The van der Waals surface area contributed by atoms with Gasteiger partial charge in [-0.1, -0.05) is 6.92 Å². The van der Waals surface area contributed by atoms with Gasteiger partial charge in [0.15, 0.2) is 0 Å². The number of aromatic nitrogens is 2. The molecule has 78 valence electrons. The number of ketones is 1. The van der Waals surface area contributed by atoms with Gasteiger partial charge >= 0.3 is 0 Å². The summed E-state index contributed by atoms with van der Waals surface area (Å²) in [6.45, 7) is 3.43. The summed E-state index contributed by atoms with van der Waals surface area (Å²) >= 11 is 0. The first kappa shape index (κ1) is 12.2. The molecule has 0 aliphatic carbocycles. The van der Waals surface area contributed by atoms with Crippen LogP contribution in [-0.4, -0.2) is 15.8 Å². The third-order valence-electron chi connectivity index (χ3n) is 1.28. The van der Waals surface area contributed by atoms with Crippen LogP contribution in [0.25, 0.3) is 0 Å². The van der Waals surface area contributed by atoms with Crippen LogP contribution < -0.4 is 17.0 Å². The summed E-state index contributed by atoms with van der Waals surface area (Å²) in [7, 11) is 0. The first-order valence-electron chi connectivity index (χ1n) is 4.07. The van der Waals surface area contributed by atoms with Gasteiger partial charge in [-0.25, -0.2) is 0 Å². The summed E-state index contributed by atoms with van der Waals surface area (Å²) in [6.07, 6.45) is 0.667. The van der Waals surface area contributed by atoms with Gasteiger partial charge in [0.05, 0.1) is 0 Å². The SMILES string of the molecule is CCC(C)=O.Nc1cc(=O)[nH]c(N)n1. The van der Waals surface area contributed by atoms with Crippen LogP contribution in [0, 0.1) is 0 Å². The number of nitrogen functional groups attached to an aromatic ring is 2. The van der Waals surface area contributed by atoms with E-state index in [1.54, 1.807) is 6.92 Å². The average molecular weight is 198 g/mol. The van der Waals surface area contributed by atoms with Crippen molar-refractivity contribution in [3.63, 3.8) is 0 Å². The van der Waals surface area contributed by atoms with E-state index in [4.69, 9.17) is 11.5 Å². The summed E-state index contributed by atoms with van der Waals surface area (Å²) < 4.78 is 0. The molecule has 0 unspecified atom stereocenters. The third-order valence-corrected chi connectivity index (χ3v) is 1.28. The quantitative estimate of drug-likeness (QED) is 0.583. The summed E-state index contributed by atoms with van der Waals surface area (Å²) in [5, 5.41) is 0. The molecule has 0 saturated carbocycles. The fourth-order valence-electron chi connectivity index (χ4n) is 0.496. The topological polar surface area (TPSA) is 115 Å². The van der Waals surface area contributed by atoms with Crippen LogP contribution in [0.1, 0.15) is 20.3 Å². The molecule has 14 heavy (non-hydrogen) atoms. The molecule has 0 radical (unpaired) electrons. The normalized spacial score (nSPS) is 8.71. The zero-order valence-corrected chi connectivity index (χ0v) is 8.20. The maximum Gasteiger partial charge on any atom is 0.254 e. The lowest BCUT2D eigenvalue weighted by atomic mass is 10.4. The Morgan fingerprint density at radius 2 is 2.07 bits per heavy atom. The molecule has 5 N–H and O–H groups in total. The first-order chi connectivity index (χ1) is 6.45. The number of nitrogens with one attached hydrogen (secondary N) is 1. The second kappa shape index (κ2) is 5.74. The molecule has 0 spiro atoms. The van der Waals surface area contributed by atoms with Crippen LogP contribution in [0.5, 0.6) is 0 Å². The Hall–Kier alpha value is -1.85. The van der Waals surface area contributed by atoms with E-state index in [9.17, 15) is 9.59 Å². The Morgan fingerprint density at radius 1 is 1.57 bits per heavy atom. The Kier molecular flexibility index (Phi) is 4.98. The number of hydrogen-bond acceptors (Lipinski definition) is 5. The minimum atomic E-state index is -0.333. The molecule has 0 bridgehead atoms. The van der Waals surface area contributed by atoms with Crippen molar-refractivity contribution in [3.05, 3.63) is 16.4 Å². The van der Waals surface area contributed by atoms with Crippen molar-refractivity contribution >= 4 is 17.5 Å². The maximum atomic E-state index is 10.5. The van der Waals surface area contributed by atoms with Gasteiger partial charge < -0.3 is 16.3 Å². The predicted molar refractivity (Wildman–Crippen MR) is 54.7 cm³/mol. The van der Waals surface area contributed by atoms with Crippen molar-refractivity contribution in [2.75, 3.05) is 11.5 Å². The molecular formula is C8H14N4O2.